The average molecular weight is 225 g/mol. The molecule has 1 aromatic rings. The summed E-state index contributed by atoms with van der Waals surface area (Å²) in [6, 6.07) is 0. The molecule has 4 nitrogen and oxygen atoms in total. The third-order valence-corrected chi connectivity index (χ3v) is 1.68. The van der Waals surface area contributed by atoms with Crippen molar-refractivity contribution in [3.05, 3.63) is 16.9 Å². The first-order chi connectivity index (χ1) is 6.57. The van der Waals surface area contributed by atoms with Gasteiger partial charge in [-0.3, -0.25) is 0 Å². The molecule has 0 radical (unpaired) electrons. The number of halogens is 3. The minimum Gasteiger partial charge on any atom is -0.461 e. The van der Waals surface area contributed by atoms with Gasteiger partial charge in [0.15, 0.2) is 5.69 Å². The van der Waals surface area contributed by atoms with E-state index in [2.05, 4.69) is 9.84 Å². The molecule has 0 aliphatic carbocycles. The van der Waals surface area contributed by atoms with Crippen molar-refractivity contribution in [2.75, 3.05) is 6.61 Å². The fourth-order valence-corrected chi connectivity index (χ4v) is 1.09. The molecular formula is C7H7ClF2N2O2. The number of carbonyl (C=O) groups excluding carboxylic acids is 1. The van der Waals surface area contributed by atoms with Gasteiger partial charge in [-0.15, -0.1) is 0 Å². The number of aromatic nitrogens is 2. The number of carbonyl (C=O) groups is 1. The van der Waals surface area contributed by atoms with Crippen LogP contribution in [0.1, 0.15) is 24.0 Å². The van der Waals surface area contributed by atoms with Gasteiger partial charge in [-0.2, -0.15) is 18.6 Å². The van der Waals surface area contributed by atoms with Crippen LogP contribution in [0.5, 0.6) is 0 Å². The van der Waals surface area contributed by atoms with Crippen LogP contribution in [0.25, 0.3) is 0 Å². The van der Waals surface area contributed by atoms with Crippen molar-refractivity contribution in [2.45, 2.75) is 13.5 Å². The van der Waals surface area contributed by atoms with Crippen molar-refractivity contribution >= 4 is 17.6 Å². The highest BCUT2D eigenvalue weighted by atomic mass is 35.5. The molecule has 14 heavy (non-hydrogen) atoms. The first-order valence-corrected chi connectivity index (χ1v) is 4.14. The Morgan fingerprint density at radius 1 is 1.79 bits per heavy atom. The summed E-state index contributed by atoms with van der Waals surface area (Å²) in [5, 5.41) is 3.10. The van der Waals surface area contributed by atoms with Gasteiger partial charge in [-0.05, 0) is 6.92 Å². The van der Waals surface area contributed by atoms with Gasteiger partial charge in [0.25, 0.3) is 0 Å². The predicted octanol–water partition coefficient (Wildman–Crippen LogP) is 2.11. The molecule has 1 aromatic heterocycles. The van der Waals surface area contributed by atoms with Crippen LogP contribution in [0, 0.1) is 0 Å². The molecule has 0 bridgehead atoms. The molecule has 0 atom stereocenters. The summed E-state index contributed by atoms with van der Waals surface area (Å²) in [5.41, 5.74) is -0.427. The van der Waals surface area contributed by atoms with Gasteiger partial charge in [-0.25, -0.2) is 4.79 Å². The number of esters is 1. The Morgan fingerprint density at radius 3 is 2.93 bits per heavy atom. The van der Waals surface area contributed by atoms with Crippen molar-refractivity contribution in [2.24, 2.45) is 0 Å². The molecule has 1 heterocycles. The van der Waals surface area contributed by atoms with Crippen LogP contribution in [-0.4, -0.2) is 22.4 Å². The number of alkyl halides is 2. The Hall–Kier alpha value is -1.17. The molecule has 1 rings (SSSR count). The summed E-state index contributed by atoms with van der Waals surface area (Å²) in [7, 11) is 0. The quantitative estimate of drug-likeness (QED) is 0.739. The van der Waals surface area contributed by atoms with Crippen molar-refractivity contribution < 1.29 is 18.3 Å². The van der Waals surface area contributed by atoms with Crippen molar-refractivity contribution in [3.63, 3.8) is 0 Å². The standard InChI is InChI=1S/C7H7ClF2N2O2/c1-2-14-6(13)5-4(8)3-11-12(5)7(9)10/h3,7H,2H2,1H3. The number of hydrogen-bond acceptors (Lipinski definition) is 3. The normalized spacial score (nSPS) is 10.6. The van der Waals surface area contributed by atoms with E-state index in [0.717, 1.165) is 6.20 Å². The molecule has 0 fully saturated rings. The molecule has 0 saturated heterocycles. The van der Waals surface area contributed by atoms with Gasteiger partial charge in [0.05, 0.1) is 17.8 Å². The second-order valence-electron chi connectivity index (χ2n) is 2.28. The Balaban J connectivity index is 3.04. The fraction of sp³-hybridized carbons (Fsp3) is 0.429. The van der Waals surface area contributed by atoms with Crippen LogP contribution in [0.2, 0.25) is 5.02 Å². The summed E-state index contributed by atoms with van der Waals surface area (Å²) in [5.74, 6) is -0.907. The molecule has 0 unspecified atom stereocenters. The molecule has 0 spiro atoms. The lowest BCUT2D eigenvalue weighted by molar-refractivity contribution is 0.0357. The Kier molecular flexibility index (Phi) is 3.40. The van der Waals surface area contributed by atoms with E-state index < -0.39 is 18.2 Å². The van der Waals surface area contributed by atoms with Crippen molar-refractivity contribution in [1.82, 2.24) is 9.78 Å². The average Bonchev–Trinajstić information content (AvgIpc) is 2.47. The first-order valence-electron chi connectivity index (χ1n) is 3.76. The SMILES string of the molecule is CCOC(=O)c1c(Cl)cnn1C(F)F. The molecule has 0 aliphatic heterocycles. The van der Waals surface area contributed by atoms with Gasteiger partial charge in [0.1, 0.15) is 0 Å². The second-order valence-corrected chi connectivity index (χ2v) is 2.69. The van der Waals surface area contributed by atoms with E-state index in [0.29, 0.717) is 0 Å². The summed E-state index contributed by atoms with van der Waals surface area (Å²) in [6.07, 6.45) is 0.972. The lowest BCUT2D eigenvalue weighted by atomic mass is 10.4. The van der Waals surface area contributed by atoms with Gasteiger partial charge in [-0.1, -0.05) is 11.6 Å². The van der Waals surface area contributed by atoms with E-state index in [1.807, 2.05) is 0 Å². The second kappa shape index (κ2) is 4.36. The Labute approximate surface area is 83.4 Å². The van der Waals surface area contributed by atoms with Gasteiger partial charge in [0.2, 0.25) is 0 Å². The maximum Gasteiger partial charge on any atom is 0.358 e. The summed E-state index contributed by atoms with van der Waals surface area (Å²) in [4.78, 5) is 11.2. The third-order valence-electron chi connectivity index (χ3n) is 1.40. The van der Waals surface area contributed by atoms with E-state index in [1.54, 1.807) is 6.92 Å². The van der Waals surface area contributed by atoms with Gasteiger partial charge < -0.3 is 4.74 Å². The fourth-order valence-electron chi connectivity index (χ4n) is 0.880. The van der Waals surface area contributed by atoms with Crippen molar-refractivity contribution in [3.8, 4) is 0 Å². The molecule has 0 N–H and O–H groups in total. The number of rotatable bonds is 3. The van der Waals surface area contributed by atoms with Crippen molar-refractivity contribution in [1.29, 1.82) is 0 Å². The zero-order valence-corrected chi connectivity index (χ0v) is 7.96. The molecule has 0 amide bonds. The van der Waals surface area contributed by atoms with Crippen LogP contribution >= 0.6 is 11.6 Å². The minimum atomic E-state index is -2.91. The Bertz CT molecular complexity index is 340. The molecule has 0 aliphatic rings. The molecular weight excluding hydrogens is 218 g/mol. The van der Waals surface area contributed by atoms with Crippen LogP contribution in [0.15, 0.2) is 6.20 Å². The van der Waals surface area contributed by atoms with E-state index in [9.17, 15) is 13.6 Å². The van der Waals surface area contributed by atoms with Gasteiger partial charge in [0, 0.05) is 0 Å². The zero-order chi connectivity index (χ0) is 10.7. The topological polar surface area (TPSA) is 44.1 Å². The third kappa shape index (κ3) is 2.01. The lowest BCUT2D eigenvalue weighted by Gasteiger charge is -2.05. The number of nitrogens with zero attached hydrogens (tertiary/aromatic N) is 2. The maximum atomic E-state index is 12.3. The van der Waals surface area contributed by atoms with E-state index in [-0.39, 0.29) is 16.3 Å². The van der Waals surface area contributed by atoms with E-state index >= 15 is 0 Å². The highest BCUT2D eigenvalue weighted by molar-refractivity contribution is 6.33. The molecule has 78 valence electrons. The van der Waals surface area contributed by atoms with E-state index in [4.69, 9.17) is 11.6 Å². The largest absolute Gasteiger partial charge is 0.461 e. The lowest BCUT2D eigenvalue weighted by Crippen LogP contribution is -2.14. The predicted molar refractivity (Wildman–Crippen MR) is 44.4 cm³/mol. The minimum absolute atomic E-state index is 0.0869. The molecule has 0 saturated carbocycles. The first kappa shape index (κ1) is 10.9. The van der Waals surface area contributed by atoms with Crippen LogP contribution in [-0.2, 0) is 4.74 Å². The smallest absolute Gasteiger partial charge is 0.358 e. The highest BCUT2D eigenvalue weighted by Crippen LogP contribution is 2.21. The molecule has 7 heteroatoms. The maximum absolute atomic E-state index is 12.3. The highest BCUT2D eigenvalue weighted by Gasteiger charge is 2.23. The summed E-state index contributed by atoms with van der Waals surface area (Å²) < 4.78 is 29.3. The van der Waals surface area contributed by atoms with Crippen LogP contribution in [0.4, 0.5) is 8.78 Å². The summed E-state index contributed by atoms with van der Waals surface area (Å²) in [6.45, 7) is -1.26. The number of ether oxygens (including phenoxy) is 1. The van der Waals surface area contributed by atoms with Crippen LogP contribution in [0.3, 0.4) is 0 Å². The summed E-state index contributed by atoms with van der Waals surface area (Å²) >= 11 is 5.50. The monoisotopic (exact) mass is 224 g/mol. The van der Waals surface area contributed by atoms with Crippen LogP contribution < -0.4 is 0 Å². The molecule has 0 aromatic carbocycles. The van der Waals surface area contributed by atoms with E-state index in [1.165, 1.54) is 0 Å². The Morgan fingerprint density at radius 2 is 2.43 bits per heavy atom. The van der Waals surface area contributed by atoms with Gasteiger partial charge >= 0.3 is 12.5 Å². The number of hydrogen-bond donors (Lipinski definition) is 0. The zero-order valence-electron chi connectivity index (χ0n) is 7.21.